The van der Waals surface area contributed by atoms with Crippen LogP contribution in [-0.4, -0.2) is 15.6 Å². The third kappa shape index (κ3) is 2.62. The van der Waals surface area contributed by atoms with Gasteiger partial charge >= 0.3 is 0 Å². The van der Waals surface area contributed by atoms with Crippen molar-refractivity contribution in [3.8, 4) is 11.3 Å². The van der Waals surface area contributed by atoms with Gasteiger partial charge in [0, 0.05) is 25.2 Å². The molecule has 1 N–H and O–H groups in total. The van der Waals surface area contributed by atoms with Crippen LogP contribution in [-0.2, 0) is 13.6 Å². The van der Waals surface area contributed by atoms with Gasteiger partial charge in [0.15, 0.2) is 0 Å². The van der Waals surface area contributed by atoms with E-state index in [1.54, 1.807) is 0 Å². The van der Waals surface area contributed by atoms with Crippen LogP contribution in [0.3, 0.4) is 0 Å². The Labute approximate surface area is 109 Å². The van der Waals surface area contributed by atoms with Gasteiger partial charge in [0.2, 0.25) is 0 Å². The molecule has 0 fully saturated rings. The lowest BCUT2D eigenvalue weighted by Gasteiger charge is -2.13. The maximum Gasteiger partial charge on any atom is 0.105 e. The zero-order valence-corrected chi connectivity index (χ0v) is 11.6. The molecule has 0 spiro atoms. The molecule has 0 bridgehead atoms. The van der Waals surface area contributed by atoms with Crippen LogP contribution in [0, 0.1) is 6.92 Å². The van der Waals surface area contributed by atoms with Crippen LogP contribution >= 0.6 is 0 Å². The van der Waals surface area contributed by atoms with Gasteiger partial charge in [0.25, 0.3) is 0 Å². The van der Waals surface area contributed by atoms with Gasteiger partial charge in [-0.05, 0) is 12.5 Å². The Kier molecular flexibility index (Phi) is 3.82. The number of imidazole rings is 1. The maximum atomic E-state index is 4.37. The molecule has 3 heteroatoms. The molecule has 0 saturated heterocycles. The summed E-state index contributed by atoms with van der Waals surface area (Å²) in [5.74, 6) is 1.04. The minimum absolute atomic E-state index is 0.492. The van der Waals surface area contributed by atoms with E-state index in [4.69, 9.17) is 0 Å². The van der Waals surface area contributed by atoms with Crippen molar-refractivity contribution in [2.75, 3.05) is 0 Å². The van der Waals surface area contributed by atoms with E-state index >= 15 is 0 Å². The Balaban J connectivity index is 2.35. The lowest BCUT2D eigenvalue weighted by molar-refractivity contribution is 0.589. The van der Waals surface area contributed by atoms with E-state index in [2.05, 4.69) is 60.0 Å². The first-order chi connectivity index (χ1) is 8.59. The molecule has 0 radical (unpaired) electrons. The van der Waals surface area contributed by atoms with E-state index in [1.807, 2.05) is 13.1 Å². The van der Waals surface area contributed by atoms with Crippen molar-refractivity contribution in [1.29, 1.82) is 0 Å². The summed E-state index contributed by atoms with van der Waals surface area (Å²) in [5.41, 5.74) is 3.75. The first-order valence-corrected chi connectivity index (χ1v) is 6.39. The minimum atomic E-state index is 0.492. The van der Waals surface area contributed by atoms with Gasteiger partial charge in [0.1, 0.15) is 5.82 Å². The molecular formula is C15H21N3. The van der Waals surface area contributed by atoms with Gasteiger partial charge in [-0.15, -0.1) is 0 Å². The van der Waals surface area contributed by atoms with Crippen LogP contribution in [0.5, 0.6) is 0 Å². The van der Waals surface area contributed by atoms with Gasteiger partial charge in [-0.3, -0.25) is 0 Å². The molecule has 18 heavy (non-hydrogen) atoms. The zero-order valence-electron chi connectivity index (χ0n) is 11.6. The first kappa shape index (κ1) is 12.8. The quantitative estimate of drug-likeness (QED) is 0.895. The topological polar surface area (TPSA) is 29.9 Å². The highest BCUT2D eigenvalue weighted by Gasteiger charge is 2.09. The second kappa shape index (κ2) is 5.36. The van der Waals surface area contributed by atoms with Gasteiger partial charge in [-0.25, -0.2) is 4.98 Å². The SMILES string of the molecule is Cc1ncc(-c2ccccc2CNC(C)C)n1C. The molecular weight excluding hydrogens is 222 g/mol. The highest BCUT2D eigenvalue weighted by atomic mass is 15.0. The van der Waals surface area contributed by atoms with Crippen molar-refractivity contribution in [1.82, 2.24) is 14.9 Å². The largest absolute Gasteiger partial charge is 0.331 e. The fraction of sp³-hybridized carbons (Fsp3) is 0.400. The summed E-state index contributed by atoms with van der Waals surface area (Å²) in [6.45, 7) is 7.24. The number of hydrogen-bond donors (Lipinski definition) is 1. The van der Waals surface area contributed by atoms with E-state index < -0.39 is 0 Å². The lowest BCUT2D eigenvalue weighted by Crippen LogP contribution is -2.22. The Morgan fingerprint density at radius 1 is 1.28 bits per heavy atom. The Morgan fingerprint density at radius 3 is 2.61 bits per heavy atom. The summed E-state index contributed by atoms with van der Waals surface area (Å²) in [7, 11) is 2.06. The summed E-state index contributed by atoms with van der Waals surface area (Å²) in [6, 6.07) is 8.99. The Bertz CT molecular complexity index is 526. The van der Waals surface area contributed by atoms with Crippen molar-refractivity contribution in [2.45, 2.75) is 33.4 Å². The van der Waals surface area contributed by atoms with Crippen molar-refractivity contribution in [3.63, 3.8) is 0 Å². The zero-order chi connectivity index (χ0) is 13.1. The molecule has 96 valence electrons. The summed E-state index contributed by atoms with van der Waals surface area (Å²) in [6.07, 6.45) is 1.95. The van der Waals surface area contributed by atoms with E-state index in [1.165, 1.54) is 16.8 Å². The molecule has 3 nitrogen and oxygen atoms in total. The van der Waals surface area contributed by atoms with Crippen LogP contribution < -0.4 is 5.32 Å². The van der Waals surface area contributed by atoms with Crippen LogP contribution in [0.1, 0.15) is 25.2 Å². The van der Waals surface area contributed by atoms with Gasteiger partial charge in [-0.2, -0.15) is 0 Å². The predicted octanol–water partition coefficient (Wildman–Crippen LogP) is 2.89. The molecule has 0 atom stereocenters. The number of aromatic nitrogens is 2. The standard InChI is InChI=1S/C15H21N3/c1-11(2)16-9-13-7-5-6-8-14(13)15-10-17-12(3)18(15)4/h5-8,10-11,16H,9H2,1-4H3. The fourth-order valence-corrected chi connectivity index (χ4v) is 1.99. The number of rotatable bonds is 4. The molecule has 0 amide bonds. The molecule has 2 aromatic rings. The van der Waals surface area contributed by atoms with E-state index in [0.29, 0.717) is 6.04 Å². The van der Waals surface area contributed by atoms with Crippen molar-refractivity contribution in [3.05, 3.63) is 41.9 Å². The summed E-state index contributed by atoms with van der Waals surface area (Å²) >= 11 is 0. The average Bonchev–Trinajstić information content (AvgIpc) is 2.68. The summed E-state index contributed by atoms with van der Waals surface area (Å²) in [5, 5.41) is 3.47. The van der Waals surface area contributed by atoms with Gasteiger partial charge in [0.05, 0.1) is 11.9 Å². The first-order valence-electron chi connectivity index (χ1n) is 6.39. The third-order valence-corrected chi connectivity index (χ3v) is 3.21. The fourth-order valence-electron chi connectivity index (χ4n) is 1.99. The Hall–Kier alpha value is -1.61. The van der Waals surface area contributed by atoms with Crippen LogP contribution in [0.15, 0.2) is 30.5 Å². The molecule has 0 saturated carbocycles. The van der Waals surface area contributed by atoms with Gasteiger partial charge in [-0.1, -0.05) is 38.1 Å². The van der Waals surface area contributed by atoms with Crippen LogP contribution in [0.25, 0.3) is 11.3 Å². The highest BCUT2D eigenvalue weighted by molar-refractivity contribution is 5.63. The number of nitrogens with one attached hydrogen (secondary N) is 1. The molecule has 1 heterocycles. The molecule has 0 aliphatic heterocycles. The number of nitrogens with zero attached hydrogens (tertiary/aromatic N) is 2. The van der Waals surface area contributed by atoms with Crippen LogP contribution in [0.4, 0.5) is 0 Å². The monoisotopic (exact) mass is 243 g/mol. The maximum absolute atomic E-state index is 4.37. The van der Waals surface area contributed by atoms with Crippen molar-refractivity contribution >= 4 is 0 Å². The molecule has 1 aromatic carbocycles. The Morgan fingerprint density at radius 2 is 2.00 bits per heavy atom. The summed E-state index contributed by atoms with van der Waals surface area (Å²) in [4.78, 5) is 4.37. The minimum Gasteiger partial charge on any atom is -0.331 e. The summed E-state index contributed by atoms with van der Waals surface area (Å²) < 4.78 is 2.13. The van der Waals surface area contributed by atoms with Gasteiger partial charge < -0.3 is 9.88 Å². The normalized spacial score (nSPS) is 11.2. The number of benzene rings is 1. The molecule has 2 rings (SSSR count). The van der Waals surface area contributed by atoms with E-state index in [9.17, 15) is 0 Å². The van der Waals surface area contributed by atoms with Crippen molar-refractivity contribution < 1.29 is 0 Å². The smallest absolute Gasteiger partial charge is 0.105 e. The highest BCUT2D eigenvalue weighted by Crippen LogP contribution is 2.23. The third-order valence-electron chi connectivity index (χ3n) is 3.21. The van der Waals surface area contributed by atoms with Crippen molar-refractivity contribution in [2.24, 2.45) is 7.05 Å². The number of aryl methyl sites for hydroxylation is 1. The van der Waals surface area contributed by atoms with E-state index in [0.717, 1.165) is 12.4 Å². The second-order valence-corrected chi connectivity index (χ2v) is 4.94. The second-order valence-electron chi connectivity index (χ2n) is 4.94. The number of hydrogen-bond acceptors (Lipinski definition) is 2. The van der Waals surface area contributed by atoms with E-state index in [-0.39, 0.29) is 0 Å². The lowest BCUT2D eigenvalue weighted by atomic mass is 10.0. The molecule has 0 unspecified atom stereocenters. The molecule has 0 aliphatic carbocycles. The van der Waals surface area contributed by atoms with Crippen LogP contribution in [0.2, 0.25) is 0 Å². The molecule has 1 aromatic heterocycles. The molecule has 0 aliphatic rings. The average molecular weight is 243 g/mol. The predicted molar refractivity (Wildman–Crippen MR) is 75.4 cm³/mol.